The number of carbonyl (C=O) groups is 2. The van der Waals surface area contributed by atoms with Crippen molar-refractivity contribution in [2.45, 2.75) is 51.9 Å². The minimum atomic E-state index is -0.526. The number of ether oxygens (including phenoxy) is 1. The molecule has 0 radical (unpaired) electrons. The summed E-state index contributed by atoms with van der Waals surface area (Å²) in [7, 11) is 1.60. The van der Waals surface area contributed by atoms with Crippen LogP contribution in [0, 0.1) is 11.3 Å². The zero-order valence-corrected chi connectivity index (χ0v) is 18.6. The van der Waals surface area contributed by atoms with Crippen LogP contribution in [0.2, 0.25) is 0 Å². The number of carbonyl (C=O) groups excluding carboxylic acids is 2. The Labute approximate surface area is 174 Å². The van der Waals surface area contributed by atoms with Crippen LogP contribution >= 0.6 is 11.8 Å². The van der Waals surface area contributed by atoms with E-state index in [4.69, 9.17) is 9.84 Å². The van der Waals surface area contributed by atoms with E-state index in [-0.39, 0.29) is 17.9 Å². The molecule has 0 aromatic heterocycles. The molecule has 0 saturated carbocycles. The molecule has 0 amide bonds. The number of hydrogen-bond donors (Lipinski definition) is 1. The van der Waals surface area contributed by atoms with Crippen LogP contribution in [0.15, 0.2) is 24.3 Å². The summed E-state index contributed by atoms with van der Waals surface area (Å²) < 4.78 is 5.10. The van der Waals surface area contributed by atoms with Crippen LogP contribution in [0.5, 0.6) is 0 Å². The van der Waals surface area contributed by atoms with Gasteiger partial charge in [-0.15, -0.1) is 0 Å². The summed E-state index contributed by atoms with van der Waals surface area (Å²) in [4.78, 5) is 23.2. The Hall–Kier alpha value is -1.17. The number of rotatable bonds is 15. The van der Waals surface area contributed by atoms with Crippen LogP contribution in [0.3, 0.4) is 0 Å². The van der Waals surface area contributed by atoms with E-state index < -0.39 is 5.41 Å². The lowest BCUT2D eigenvalue weighted by molar-refractivity contribution is -0.113. The molecule has 1 N–H and O–H groups in total. The Morgan fingerprint density at radius 1 is 1.21 bits per heavy atom. The molecule has 0 spiro atoms. The fourth-order valence-electron chi connectivity index (χ4n) is 3.41. The zero-order valence-electron chi connectivity index (χ0n) is 17.8. The van der Waals surface area contributed by atoms with E-state index in [2.05, 4.69) is 19.9 Å². The van der Waals surface area contributed by atoms with Crippen LogP contribution in [-0.4, -0.2) is 49.5 Å². The van der Waals surface area contributed by atoms with Crippen molar-refractivity contribution in [3.63, 3.8) is 0 Å². The van der Waals surface area contributed by atoms with Gasteiger partial charge in [-0.3, -0.25) is 0 Å². The normalized spacial score (nSPS) is 15.0. The van der Waals surface area contributed by atoms with Crippen LogP contribution in [-0.2, 0) is 26.2 Å². The molecule has 1 aromatic carbocycles. The molecular weight excluding hydrogens is 372 g/mol. The lowest BCUT2D eigenvalue weighted by Crippen LogP contribution is -2.25. The highest BCUT2D eigenvalue weighted by Gasteiger charge is 2.28. The third kappa shape index (κ3) is 8.46. The van der Waals surface area contributed by atoms with Crippen LogP contribution < -0.4 is 0 Å². The Kier molecular flexibility index (Phi) is 11.0. The molecule has 0 fully saturated rings. The molecule has 158 valence electrons. The van der Waals surface area contributed by atoms with Gasteiger partial charge in [-0.25, -0.2) is 0 Å². The van der Waals surface area contributed by atoms with Crippen molar-refractivity contribution in [1.29, 1.82) is 0 Å². The van der Waals surface area contributed by atoms with Crippen LogP contribution in [0.1, 0.15) is 51.2 Å². The molecule has 2 atom stereocenters. The minimum absolute atomic E-state index is 0.167. The van der Waals surface area contributed by atoms with E-state index in [0.717, 1.165) is 54.5 Å². The topological polar surface area (TPSA) is 63.6 Å². The SMILES string of the molecule is COCC(C=O)Cc1cccc(C(C)(C=O)CCCC(C)(C)CSCCO)c1. The number of thioether (sulfide) groups is 1. The molecule has 4 nitrogen and oxygen atoms in total. The van der Waals surface area contributed by atoms with Gasteiger partial charge >= 0.3 is 0 Å². The van der Waals surface area contributed by atoms with Gasteiger partial charge in [0.25, 0.3) is 0 Å². The molecule has 0 saturated heterocycles. The Morgan fingerprint density at radius 2 is 1.96 bits per heavy atom. The summed E-state index contributed by atoms with van der Waals surface area (Å²) in [5.41, 5.74) is 1.72. The van der Waals surface area contributed by atoms with Gasteiger partial charge in [0.15, 0.2) is 0 Å². The molecule has 1 aromatic rings. The third-order valence-corrected chi connectivity index (χ3v) is 6.65. The third-order valence-electron chi connectivity index (χ3n) is 5.20. The lowest BCUT2D eigenvalue weighted by Gasteiger charge is -2.28. The molecule has 0 aliphatic carbocycles. The molecule has 0 aliphatic heterocycles. The number of aliphatic hydroxyl groups is 1. The maximum Gasteiger partial charge on any atom is 0.130 e. The lowest BCUT2D eigenvalue weighted by atomic mass is 9.77. The largest absolute Gasteiger partial charge is 0.396 e. The number of benzene rings is 1. The van der Waals surface area contributed by atoms with E-state index in [1.54, 1.807) is 18.9 Å². The summed E-state index contributed by atoms with van der Waals surface area (Å²) in [6.45, 7) is 7.11. The molecule has 28 heavy (non-hydrogen) atoms. The number of aliphatic hydroxyl groups excluding tert-OH is 1. The van der Waals surface area contributed by atoms with Crippen LogP contribution in [0.4, 0.5) is 0 Å². The van der Waals surface area contributed by atoms with Crippen molar-refractivity contribution >= 4 is 24.3 Å². The highest BCUT2D eigenvalue weighted by molar-refractivity contribution is 7.99. The second kappa shape index (κ2) is 12.4. The Morgan fingerprint density at radius 3 is 2.57 bits per heavy atom. The van der Waals surface area contributed by atoms with Crippen molar-refractivity contribution in [1.82, 2.24) is 0 Å². The van der Waals surface area contributed by atoms with Crippen molar-refractivity contribution < 1.29 is 19.4 Å². The molecule has 0 heterocycles. The predicted octanol–water partition coefficient (Wildman–Crippen LogP) is 4.07. The van der Waals surface area contributed by atoms with E-state index >= 15 is 0 Å². The summed E-state index contributed by atoms with van der Waals surface area (Å²) >= 11 is 1.78. The van der Waals surface area contributed by atoms with Gasteiger partial charge in [-0.2, -0.15) is 11.8 Å². The van der Waals surface area contributed by atoms with E-state index in [1.165, 1.54) is 0 Å². The molecule has 5 heteroatoms. The van der Waals surface area contributed by atoms with Gasteiger partial charge in [-0.05, 0) is 48.5 Å². The van der Waals surface area contributed by atoms with E-state index in [1.807, 2.05) is 25.1 Å². The summed E-state index contributed by atoms with van der Waals surface area (Å²) in [5, 5.41) is 8.94. The average Bonchev–Trinajstić information content (AvgIpc) is 2.67. The summed E-state index contributed by atoms with van der Waals surface area (Å²) in [5.74, 6) is 1.61. The number of aldehydes is 2. The van der Waals surface area contributed by atoms with Crippen molar-refractivity contribution in [2.24, 2.45) is 11.3 Å². The van der Waals surface area contributed by atoms with E-state index in [9.17, 15) is 9.59 Å². The van der Waals surface area contributed by atoms with Gasteiger partial charge in [0, 0.05) is 24.2 Å². The summed E-state index contributed by atoms with van der Waals surface area (Å²) in [6, 6.07) is 8.04. The first-order valence-corrected chi connectivity index (χ1v) is 11.1. The van der Waals surface area contributed by atoms with Crippen molar-refractivity contribution in [3.05, 3.63) is 35.4 Å². The van der Waals surface area contributed by atoms with E-state index in [0.29, 0.717) is 13.0 Å². The Bertz CT molecular complexity index is 602. The van der Waals surface area contributed by atoms with Gasteiger partial charge in [0.1, 0.15) is 12.6 Å². The standard InChI is InChI=1S/C23H36O4S/c1-22(2,18-28-12-11-24)9-6-10-23(3,17-26)21-8-5-7-19(14-21)13-20(15-25)16-27-4/h5,7-8,14-15,17,20,24H,6,9-13,16,18H2,1-4H3. The summed E-state index contributed by atoms with van der Waals surface area (Å²) in [6.07, 6.45) is 5.42. The average molecular weight is 409 g/mol. The first-order chi connectivity index (χ1) is 13.3. The van der Waals surface area contributed by atoms with Crippen molar-refractivity contribution in [3.8, 4) is 0 Å². The molecule has 0 bridgehead atoms. The molecule has 2 unspecified atom stereocenters. The van der Waals surface area contributed by atoms with Crippen molar-refractivity contribution in [2.75, 3.05) is 31.8 Å². The zero-order chi connectivity index (χ0) is 21.0. The monoisotopic (exact) mass is 408 g/mol. The maximum absolute atomic E-state index is 12.0. The Balaban J connectivity index is 2.75. The van der Waals surface area contributed by atoms with Gasteiger partial charge in [0.05, 0.1) is 13.2 Å². The number of hydrogen-bond acceptors (Lipinski definition) is 5. The fraction of sp³-hybridized carbons (Fsp3) is 0.652. The highest BCUT2D eigenvalue weighted by Crippen LogP contribution is 2.33. The smallest absolute Gasteiger partial charge is 0.130 e. The molecule has 0 aliphatic rings. The molecule has 1 rings (SSSR count). The predicted molar refractivity (Wildman–Crippen MR) is 117 cm³/mol. The van der Waals surface area contributed by atoms with Gasteiger partial charge in [-0.1, -0.05) is 44.5 Å². The maximum atomic E-state index is 12.0. The quantitative estimate of drug-likeness (QED) is 0.350. The van der Waals surface area contributed by atoms with Gasteiger partial charge < -0.3 is 19.4 Å². The molecular formula is C23H36O4S. The first-order valence-electron chi connectivity index (χ1n) is 9.99. The highest BCUT2D eigenvalue weighted by atomic mass is 32.2. The first kappa shape index (κ1) is 24.9. The second-order valence-corrected chi connectivity index (χ2v) is 9.69. The fourth-order valence-corrected chi connectivity index (χ4v) is 4.38. The van der Waals surface area contributed by atoms with Gasteiger partial charge in [0.2, 0.25) is 0 Å². The minimum Gasteiger partial charge on any atom is -0.396 e. The number of methoxy groups -OCH3 is 1. The van der Waals surface area contributed by atoms with Crippen LogP contribution in [0.25, 0.3) is 0 Å². The second-order valence-electron chi connectivity index (χ2n) is 8.59.